The molecule has 1 fully saturated rings. The molecule has 1 aromatic carbocycles. The van der Waals surface area contributed by atoms with E-state index in [1.54, 1.807) is 33.8 Å². The smallest absolute Gasteiger partial charge is 0.244 e. The zero-order valence-electron chi connectivity index (χ0n) is 13.0. The Balaban J connectivity index is 1.75. The molecule has 1 aromatic heterocycles. The summed E-state index contributed by atoms with van der Waals surface area (Å²) in [6.07, 6.45) is 2.28. The topological polar surface area (TPSA) is 46.3 Å². The van der Waals surface area contributed by atoms with E-state index in [1.165, 1.54) is 11.0 Å². The number of likely N-dealkylation sites (N-methyl/N-ethyl adjacent to an activating group) is 1. The maximum absolute atomic E-state index is 13.9. The van der Waals surface area contributed by atoms with Crippen LogP contribution in [0.4, 0.5) is 10.1 Å². The van der Waals surface area contributed by atoms with Gasteiger partial charge in [-0.05, 0) is 37.8 Å². The Kier molecular flexibility index (Phi) is 4.27. The fourth-order valence-electron chi connectivity index (χ4n) is 2.81. The first kappa shape index (κ1) is 15.8. The Morgan fingerprint density at radius 2 is 2.17 bits per heavy atom. The molecular weight excluding hydrogens is 317 g/mol. The average Bonchev–Trinajstić information content (AvgIpc) is 3.05. The Morgan fingerprint density at radius 1 is 1.43 bits per heavy atom. The first-order valence-electron chi connectivity index (χ1n) is 7.33. The third kappa shape index (κ3) is 2.91. The van der Waals surface area contributed by atoms with E-state index in [0.29, 0.717) is 30.1 Å². The third-order valence-electron chi connectivity index (χ3n) is 4.10. The monoisotopic (exact) mass is 335 g/mol. The van der Waals surface area contributed by atoms with Crippen molar-refractivity contribution in [3.05, 3.63) is 41.2 Å². The van der Waals surface area contributed by atoms with Crippen LogP contribution in [0.1, 0.15) is 6.42 Å². The summed E-state index contributed by atoms with van der Waals surface area (Å²) in [6, 6.07) is 6.04. The molecule has 0 N–H and O–H groups in total. The molecule has 1 atom stereocenters. The number of carbonyl (C=O) groups is 1. The molecule has 1 aliphatic heterocycles. The standard InChI is InChI=1S/C15H18FN5OS/c1-18-9-17-21(15(18)23)10-19(2)13-7-8-20(14(13)22)12-6-4-3-5-11(12)16/h3-6,9,13H,7-8,10H2,1-2H3/t13-/m1/s1. The summed E-state index contributed by atoms with van der Waals surface area (Å²) in [7, 11) is 3.68. The van der Waals surface area contributed by atoms with Crippen LogP contribution in [-0.4, -0.2) is 44.8 Å². The number of aryl methyl sites for hydroxylation is 1. The van der Waals surface area contributed by atoms with Gasteiger partial charge in [0.1, 0.15) is 12.1 Å². The van der Waals surface area contributed by atoms with Crippen molar-refractivity contribution in [1.29, 1.82) is 0 Å². The number of carbonyl (C=O) groups excluding carboxylic acids is 1. The lowest BCUT2D eigenvalue weighted by atomic mass is 10.2. The molecule has 2 aromatic rings. The van der Waals surface area contributed by atoms with Crippen molar-refractivity contribution in [3.63, 3.8) is 0 Å². The van der Waals surface area contributed by atoms with Gasteiger partial charge in [0.2, 0.25) is 5.91 Å². The van der Waals surface area contributed by atoms with Crippen LogP contribution in [0.15, 0.2) is 30.6 Å². The van der Waals surface area contributed by atoms with Crippen LogP contribution in [0.2, 0.25) is 0 Å². The first-order chi connectivity index (χ1) is 11.0. The van der Waals surface area contributed by atoms with E-state index in [2.05, 4.69) is 5.10 Å². The van der Waals surface area contributed by atoms with Crippen molar-refractivity contribution in [2.45, 2.75) is 19.1 Å². The van der Waals surface area contributed by atoms with E-state index in [-0.39, 0.29) is 17.8 Å². The summed E-state index contributed by atoms with van der Waals surface area (Å²) in [5, 5.41) is 4.19. The molecule has 0 bridgehead atoms. The van der Waals surface area contributed by atoms with Crippen LogP contribution in [0.3, 0.4) is 0 Å². The molecule has 1 amide bonds. The van der Waals surface area contributed by atoms with Crippen LogP contribution in [0, 0.1) is 10.6 Å². The van der Waals surface area contributed by atoms with E-state index < -0.39 is 0 Å². The van der Waals surface area contributed by atoms with Gasteiger partial charge in [-0.25, -0.2) is 9.07 Å². The van der Waals surface area contributed by atoms with Crippen molar-refractivity contribution in [3.8, 4) is 0 Å². The van der Waals surface area contributed by atoms with Gasteiger partial charge in [0.25, 0.3) is 0 Å². The van der Waals surface area contributed by atoms with Crippen molar-refractivity contribution in [1.82, 2.24) is 19.2 Å². The molecule has 1 aliphatic rings. The van der Waals surface area contributed by atoms with Gasteiger partial charge >= 0.3 is 0 Å². The molecule has 2 heterocycles. The van der Waals surface area contributed by atoms with Crippen LogP contribution in [0.25, 0.3) is 0 Å². The van der Waals surface area contributed by atoms with Crippen molar-refractivity contribution < 1.29 is 9.18 Å². The zero-order valence-corrected chi connectivity index (χ0v) is 13.8. The number of amides is 1. The molecule has 0 spiro atoms. The van der Waals surface area contributed by atoms with Gasteiger partial charge in [0.05, 0.1) is 18.4 Å². The Bertz CT molecular complexity index is 786. The van der Waals surface area contributed by atoms with Crippen molar-refractivity contribution >= 4 is 23.8 Å². The minimum absolute atomic E-state index is 0.0972. The molecule has 6 nitrogen and oxygen atoms in total. The maximum atomic E-state index is 13.9. The van der Waals surface area contributed by atoms with Crippen molar-refractivity contribution in [2.24, 2.45) is 7.05 Å². The summed E-state index contributed by atoms with van der Waals surface area (Å²) in [5.74, 6) is -0.476. The van der Waals surface area contributed by atoms with Crippen LogP contribution in [-0.2, 0) is 18.5 Å². The Morgan fingerprint density at radius 3 is 2.83 bits per heavy atom. The highest BCUT2D eigenvalue weighted by atomic mass is 32.1. The molecule has 0 aliphatic carbocycles. The number of nitrogens with zero attached hydrogens (tertiary/aromatic N) is 5. The van der Waals surface area contributed by atoms with E-state index >= 15 is 0 Å². The van der Waals surface area contributed by atoms with Gasteiger partial charge in [0.15, 0.2) is 4.77 Å². The molecule has 122 valence electrons. The second-order valence-corrected chi connectivity index (χ2v) is 6.03. The lowest BCUT2D eigenvalue weighted by Crippen LogP contribution is -2.40. The zero-order chi connectivity index (χ0) is 16.6. The molecule has 0 radical (unpaired) electrons. The van der Waals surface area contributed by atoms with Gasteiger partial charge in [-0.1, -0.05) is 12.1 Å². The van der Waals surface area contributed by atoms with Crippen LogP contribution in [0.5, 0.6) is 0 Å². The fraction of sp³-hybridized carbons (Fsp3) is 0.400. The summed E-state index contributed by atoms with van der Waals surface area (Å²) in [5.41, 5.74) is 0.336. The minimum atomic E-state index is -0.379. The number of para-hydroxylation sites is 1. The lowest BCUT2D eigenvalue weighted by molar-refractivity contribution is -0.121. The van der Waals surface area contributed by atoms with Crippen LogP contribution >= 0.6 is 12.2 Å². The summed E-state index contributed by atoms with van der Waals surface area (Å²) >= 11 is 5.26. The predicted octanol–water partition coefficient (Wildman–Crippen LogP) is 1.78. The fourth-order valence-corrected chi connectivity index (χ4v) is 2.96. The normalized spacial score (nSPS) is 18.2. The van der Waals surface area contributed by atoms with E-state index in [4.69, 9.17) is 12.2 Å². The van der Waals surface area contributed by atoms with Gasteiger partial charge in [-0.15, -0.1) is 0 Å². The van der Waals surface area contributed by atoms with Gasteiger partial charge < -0.3 is 9.47 Å². The second-order valence-electron chi connectivity index (χ2n) is 5.67. The number of halogens is 1. The lowest BCUT2D eigenvalue weighted by Gasteiger charge is -2.23. The first-order valence-corrected chi connectivity index (χ1v) is 7.74. The highest BCUT2D eigenvalue weighted by molar-refractivity contribution is 7.71. The molecule has 23 heavy (non-hydrogen) atoms. The molecule has 0 unspecified atom stereocenters. The number of benzene rings is 1. The third-order valence-corrected chi connectivity index (χ3v) is 4.60. The van der Waals surface area contributed by atoms with Gasteiger partial charge in [0, 0.05) is 13.6 Å². The van der Waals surface area contributed by atoms with Crippen LogP contribution < -0.4 is 4.90 Å². The molecule has 8 heteroatoms. The van der Waals surface area contributed by atoms with Gasteiger partial charge in [-0.3, -0.25) is 9.69 Å². The summed E-state index contributed by atoms with van der Waals surface area (Å²) in [4.78, 5) is 16.0. The minimum Gasteiger partial charge on any atom is -0.310 e. The largest absolute Gasteiger partial charge is 0.310 e. The van der Waals surface area contributed by atoms with E-state index in [0.717, 1.165) is 0 Å². The highest BCUT2D eigenvalue weighted by Crippen LogP contribution is 2.26. The molecule has 1 saturated heterocycles. The summed E-state index contributed by atoms with van der Waals surface area (Å²) < 4.78 is 17.9. The Hall–Kier alpha value is -2.06. The van der Waals surface area contributed by atoms with Gasteiger partial charge in [-0.2, -0.15) is 5.10 Å². The number of aromatic nitrogens is 3. The van der Waals surface area contributed by atoms with E-state index in [1.807, 2.05) is 19.0 Å². The number of hydrogen-bond acceptors (Lipinski definition) is 4. The molecule has 0 saturated carbocycles. The number of hydrogen-bond donors (Lipinski definition) is 0. The van der Waals surface area contributed by atoms with E-state index in [9.17, 15) is 9.18 Å². The second kappa shape index (κ2) is 6.21. The molecule has 3 rings (SSSR count). The number of rotatable bonds is 4. The Labute approximate surface area is 138 Å². The highest BCUT2D eigenvalue weighted by Gasteiger charge is 2.36. The molecular formula is C15H18FN5OS. The average molecular weight is 335 g/mol. The maximum Gasteiger partial charge on any atom is 0.244 e. The SMILES string of the molecule is CN(Cn1ncn(C)c1=S)[C@@H]1CCN(c2ccccc2F)C1=O. The predicted molar refractivity (Wildman–Crippen MR) is 87.0 cm³/mol. The number of anilines is 1. The van der Waals surface area contributed by atoms with Crippen molar-refractivity contribution in [2.75, 3.05) is 18.5 Å². The summed E-state index contributed by atoms with van der Waals surface area (Å²) in [6.45, 7) is 0.920. The quantitative estimate of drug-likeness (QED) is 0.799.